The van der Waals surface area contributed by atoms with E-state index in [0.717, 1.165) is 39.5 Å². The van der Waals surface area contributed by atoms with Crippen LogP contribution < -0.4 is 10.2 Å². The molecule has 1 amide bonds. The number of nitrogens with one attached hydrogen (secondary N) is 1. The minimum atomic E-state index is -0.317. The molecule has 2 heterocycles. The first kappa shape index (κ1) is 25.9. The average molecular weight is 517 g/mol. The molecule has 0 aliphatic carbocycles. The first-order valence-corrected chi connectivity index (χ1v) is 12.9. The molecule has 0 saturated heterocycles. The fourth-order valence-electron chi connectivity index (χ4n) is 4.39. The summed E-state index contributed by atoms with van der Waals surface area (Å²) in [5.74, 6) is 0.364. The molecule has 0 unspecified atom stereocenters. The Kier molecular flexibility index (Phi) is 7.23. The SMILES string of the molecule is CN(CC(=O)NC(C)(C)C)c1ncc(-n2nc(-c3ccccc3)cc2-c2ccccc2)c(-c2ccccc2)n1. The van der Waals surface area contributed by atoms with Gasteiger partial charge in [0.15, 0.2) is 0 Å². The predicted molar refractivity (Wildman–Crippen MR) is 157 cm³/mol. The molecule has 0 aliphatic heterocycles. The van der Waals surface area contributed by atoms with Crippen LogP contribution in [0.15, 0.2) is 103 Å². The molecule has 0 bridgehead atoms. The standard InChI is InChI=1S/C32H32N6O/c1-32(2,3)35-29(39)22-37(4)31-33-21-28(30(34-31)25-18-12-7-13-19-25)38-27(24-16-10-6-11-17-24)20-26(36-38)23-14-8-5-9-15-23/h5-21H,22H2,1-4H3,(H,35,39). The Morgan fingerprint density at radius 1 is 0.846 bits per heavy atom. The van der Waals surface area contributed by atoms with Crippen LogP contribution >= 0.6 is 0 Å². The average Bonchev–Trinajstić information content (AvgIpc) is 3.38. The number of aromatic nitrogens is 4. The Morgan fingerprint density at radius 3 is 2.00 bits per heavy atom. The van der Waals surface area contributed by atoms with Crippen molar-refractivity contribution in [3.05, 3.63) is 103 Å². The van der Waals surface area contributed by atoms with Gasteiger partial charge >= 0.3 is 0 Å². The second-order valence-corrected chi connectivity index (χ2v) is 10.5. The smallest absolute Gasteiger partial charge is 0.240 e. The molecule has 5 aromatic rings. The molecular weight excluding hydrogens is 484 g/mol. The molecule has 7 nitrogen and oxygen atoms in total. The number of anilines is 1. The third-order valence-electron chi connectivity index (χ3n) is 6.12. The second kappa shape index (κ2) is 10.9. The topological polar surface area (TPSA) is 75.9 Å². The van der Waals surface area contributed by atoms with Crippen molar-refractivity contribution in [1.82, 2.24) is 25.1 Å². The normalized spacial score (nSPS) is 11.3. The lowest BCUT2D eigenvalue weighted by atomic mass is 10.1. The van der Waals surface area contributed by atoms with E-state index in [1.165, 1.54) is 0 Å². The monoisotopic (exact) mass is 516 g/mol. The number of benzene rings is 3. The highest BCUT2D eigenvalue weighted by molar-refractivity contribution is 5.81. The van der Waals surface area contributed by atoms with Crippen LogP contribution in [0, 0.1) is 0 Å². The van der Waals surface area contributed by atoms with E-state index in [9.17, 15) is 4.79 Å². The van der Waals surface area contributed by atoms with Crippen LogP contribution in [0.4, 0.5) is 5.95 Å². The van der Waals surface area contributed by atoms with E-state index in [1.54, 1.807) is 11.1 Å². The van der Waals surface area contributed by atoms with Gasteiger partial charge < -0.3 is 10.2 Å². The van der Waals surface area contributed by atoms with Crippen molar-refractivity contribution < 1.29 is 4.79 Å². The molecule has 0 saturated carbocycles. The van der Waals surface area contributed by atoms with E-state index in [2.05, 4.69) is 40.6 Å². The summed E-state index contributed by atoms with van der Waals surface area (Å²) in [6.45, 7) is 6.02. The summed E-state index contributed by atoms with van der Waals surface area (Å²) >= 11 is 0. The van der Waals surface area contributed by atoms with Crippen molar-refractivity contribution in [2.45, 2.75) is 26.3 Å². The molecule has 1 N–H and O–H groups in total. The van der Waals surface area contributed by atoms with Crippen LogP contribution in [0.1, 0.15) is 20.8 Å². The Balaban J connectivity index is 1.63. The van der Waals surface area contributed by atoms with Gasteiger partial charge in [-0.25, -0.2) is 14.6 Å². The van der Waals surface area contributed by atoms with Crippen LogP contribution in [0.3, 0.4) is 0 Å². The number of nitrogens with zero attached hydrogens (tertiary/aromatic N) is 5. The van der Waals surface area contributed by atoms with Gasteiger partial charge in [0.1, 0.15) is 11.4 Å². The van der Waals surface area contributed by atoms with E-state index in [4.69, 9.17) is 10.1 Å². The molecule has 3 aromatic carbocycles. The molecular formula is C32H32N6O. The lowest BCUT2D eigenvalue weighted by Crippen LogP contribution is -2.45. The fraction of sp³-hybridized carbons (Fsp3) is 0.188. The lowest BCUT2D eigenvalue weighted by molar-refractivity contribution is -0.121. The summed E-state index contributed by atoms with van der Waals surface area (Å²) < 4.78 is 1.91. The Morgan fingerprint density at radius 2 is 1.41 bits per heavy atom. The van der Waals surface area contributed by atoms with Gasteiger partial charge in [-0.3, -0.25) is 4.79 Å². The van der Waals surface area contributed by atoms with Crippen LogP contribution in [0.2, 0.25) is 0 Å². The molecule has 0 aliphatic rings. The number of hydrogen-bond acceptors (Lipinski definition) is 5. The highest BCUT2D eigenvalue weighted by Gasteiger charge is 2.21. The zero-order valence-electron chi connectivity index (χ0n) is 22.7. The Hall–Kier alpha value is -4.78. The molecule has 196 valence electrons. The molecule has 7 heteroatoms. The van der Waals surface area contributed by atoms with Crippen molar-refractivity contribution in [1.29, 1.82) is 0 Å². The van der Waals surface area contributed by atoms with Gasteiger partial charge in [-0.1, -0.05) is 91.0 Å². The molecule has 2 aromatic heterocycles. The number of carbonyl (C=O) groups excluding carboxylic acids is 1. The first-order valence-electron chi connectivity index (χ1n) is 12.9. The van der Waals surface area contributed by atoms with Crippen molar-refractivity contribution in [3.63, 3.8) is 0 Å². The summed E-state index contributed by atoms with van der Waals surface area (Å²) in [5.41, 5.74) is 5.93. The summed E-state index contributed by atoms with van der Waals surface area (Å²) in [6, 6.07) is 32.4. The highest BCUT2D eigenvalue weighted by atomic mass is 16.2. The second-order valence-electron chi connectivity index (χ2n) is 10.5. The van der Waals surface area contributed by atoms with Crippen molar-refractivity contribution in [2.75, 3.05) is 18.5 Å². The third kappa shape index (κ3) is 6.04. The van der Waals surface area contributed by atoms with Gasteiger partial charge in [-0.05, 0) is 26.8 Å². The van der Waals surface area contributed by atoms with Gasteiger partial charge in [0.05, 0.1) is 24.1 Å². The minimum Gasteiger partial charge on any atom is -0.350 e. The van der Waals surface area contributed by atoms with Crippen molar-refractivity contribution in [2.24, 2.45) is 0 Å². The van der Waals surface area contributed by atoms with Gasteiger partial charge in [0.25, 0.3) is 0 Å². The largest absolute Gasteiger partial charge is 0.350 e. The molecule has 0 fully saturated rings. The van der Waals surface area contributed by atoms with E-state index < -0.39 is 0 Å². The number of hydrogen-bond donors (Lipinski definition) is 1. The third-order valence-corrected chi connectivity index (χ3v) is 6.12. The first-order chi connectivity index (χ1) is 18.8. The molecule has 0 spiro atoms. The maximum atomic E-state index is 12.6. The molecule has 0 radical (unpaired) electrons. The summed E-state index contributed by atoms with van der Waals surface area (Å²) in [4.78, 5) is 24.0. The zero-order valence-corrected chi connectivity index (χ0v) is 22.7. The Bertz CT molecular complexity index is 1560. The van der Waals surface area contributed by atoms with Crippen molar-refractivity contribution >= 4 is 11.9 Å². The number of amides is 1. The zero-order chi connectivity index (χ0) is 27.4. The summed E-state index contributed by atoms with van der Waals surface area (Å²) in [5, 5.41) is 8.03. The van der Waals surface area contributed by atoms with Crippen LogP contribution in [-0.2, 0) is 4.79 Å². The molecule has 5 rings (SSSR count). The van der Waals surface area contributed by atoms with Gasteiger partial charge in [0.2, 0.25) is 11.9 Å². The van der Waals surface area contributed by atoms with Gasteiger partial charge in [-0.2, -0.15) is 5.10 Å². The van der Waals surface area contributed by atoms with Crippen LogP contribution in [0.25, 0.3) is 39.5 Å². The van der Waals surface area contributed by atoms with E-state index in [0.29, 0.717) is 5.95 Å². The highest BCUT2D eigenvalue weighted by Crippen LogP contribution is 2.33. The predicted octanol–water partition coefficient (Wildman–Crippen LogP) is 6.01. The Labute approximate surface area is 229 Å². The quantitative estimate of drug-likeness (QED) is 0.287. The molecule has 0 atom stereocenters. The van der Waals surface area contributed by atoms with E-state index in [1.807, 2.05) is 99.2 Å². The number of carbonyl (C=O) groups is 1. The van der Waals surface area contributed by atoms with Gasteiger partial charge in [-0.15, -0.1) is 0 Å². The van der Waals surface area contributed by atoms with Crippen LogP contribution in [-0.4, -0.2) is 44.8 Å². The summed E-state index contributed by atoms with van der Waals surface area (Å²) in [6.07, 6.45) is 1.79. The van der Waals surface area contributed by atoms with E-state index in [-0.39, 0.29) is 18.0 Å². The van der Waals surface area contributed by atoms with Crippen molar-refractivity contribution in [3.8, 4) is 39.5 Å². The van der Waals surface area contributed by atoms with Gasteiger partial charge in [0, 0.05) is 29.3 Å². The van der Waals surface area contributed by atoms with Crippen LogP contribution in [0.5, 0.6) is 0 Å². The summed E-state index contributed by atoms with van der Waals surface area (Å²) in [7, 11) is 1.82. The number of rotatable bonds is 7. The minimum absolute atomic E-state index is 0.0927. The lowest BCUT2D eigenvalue weighted by Gasteiger charge is -2.24. The maximum absolute atomic E-state index is 12.6. The maximum Gasteiger partial charge on any atom is 0.240 e. The van der Waals surface area contributed by atoms with E-state index >= 15 is 0 Å². The molecule has 39 heavy (non-hydrogen) atoms. The number of likely N-dealkylation sites (N-methyl/N-ethyl adjacent to an activating group) is 1. The fourth-order valence-corrected chi connectivity index (χ4v) is 4.39.